The second-order valence-electron chi connectivity index (χ2n) is 2.76. The summed E-state index contributed by atoms with van der Waals surface area (Å²) in [5.41, 5.74) is 0.593. The van der Waals surface area contributed by atoms with Gasteiger partial charge >= 0.3 is 0 Å². The third-order valence-corrected chi connectivity index (χ3v) is 4.00. The number of nitrogens with zero attached hydrogens (tertiary/aromatic N) is 2. The van der Waals surface area contributed by atoms with Crippen LogP contribution < -0.4 is 0 Å². The van der Waals surface area contributed by atoms with Crippen LogP contribution in [0.4, 0.5) is 0 Å². The lowest BCUT2D eigenvalue weighted by Crippen LogP contribution is -1.84. The van der Waals surface area contributed by atoms with Crippen LogP contribution in [0.3, 0.4) is 0 Å². The van der Waals surface area contributed by atoms with E-state index in [0.717, 1.165) is 19.7 Å². The van der Waals surface area contributed by atoms with E-state index in [1.54, 1.807) is 12.4 Å². The Hall–Kier alpha value is -0.920. The first-order valence-electron chi connectivity index (χ1n) is 3.86. The summed E-state index contributed by atoms with van der Waals surface area (Å²) in [6.45, 7) is 0. The Bertz CT molecular complexity index is 544. The summed E-state index contributed by atoms with van der Waals surface area (Å²) in [7, 11) is 0. The van der Waals surface area contributed by atoms with Crippen molar-refractivity contribution in [3.8, 4) is 6.07 Å². The quantitative estimate of drug-likeness (QED) is 0.745. The average Bonchev–Trinajstić information content (AvgIpc) is 2.23. The molecule has 4 heteroatoms. The van der Waals surface area contributed by atoms with Crippen molar-refractivity contribution in [3.05, 3.63) is 39.0 Å². The van der Waals surface area contributed by atoms with Crippen molar-refractivity contribution in [3.63, 3.8) is 0 Å². The maximum Gasteiger partial charge on any atom is 0.101 e. The molecule has 0 bridgehead atoms. The predicted molar refractivity (Wildman–Crippen MR) is 61.9 cm³/mol. The number of benzene rings is 1. The summed E-state index contributed by atoms with van der Waals surface area (Å²) in [6, 6.07) is 5.94. The summed E-state index contributed by atoms with van der Waals surface area (Å²) in [5, 5.41) is 10.7. The van der Waals surface area contributed by atoms with E-state index in [1.807, 2.05) is 12.1 Å². The predicted octanol–water partition coefficient (Wildman–Crippen LogP) is 3.63. The highest BCUT2D eigenvalue weighted by atomic mass is 79.9. The zero-order valence-electron chi connectivity index (χ0n) is 6.96. The van der Waals surface area contributed by atoms with Gasteiger partial charge in [0, 0.05) is 32.1 Å². The molecule has 2 rings (SSSR count). The van der Waals surface area contributed by atoms with E-state index < -0.39 is 0 Å². The standard InChI is InChI=1S/C10H4Br2N2/c11-9-2-1-7-6(3-13)4-14-5-8(7)10(9)12/h1-2,4-5H. The molecule has 0 saturated heterocycles. The molecule has 0 amide bonds. The maximum atomic E-state index is 8.88. The monoisotopic (exact) mass is 310 g/mol. The normalized spacial score (nSPS) is 10.1. The molecule has 0 N–H and O–H groups in total. The van der Waals surface area contributed by atoms with Gasteiger partial charge in [-0.3, -0.25) is 4.98 Å². The maximum absolute atomic E-state index is 8.88. The first kappa shape index (κ1) is 9.63. The second kappa shape index (κ2) is 3.68. The number of pyridine rings is 1. The van der Waals surface area contributed by atoms with Gasteiger partial charge in [0.1, 0.15) is 6.07 Å². The van der Waals surface area contributed by atoms with Crippen LogP contribution in [0.1, 0.15) is 5.56 Å². The molecule has 0 aliphatic carbocycles. The molecule has 1 heterocycles. The molecule has 14 heavy (non-hydrogen) atoms. The van der Waals surface area contributed by atoms with E-state index in [9.17, 15) is 0 Å². The van der Waals surface area contributed by atoms with Gasteiger partial charge in [-0.1, -0.05) is 6.07 Å². The number of hydrogen-bond acceptors (Lipinski definition) is 2. The van der Waals surface area contributed by atoms with Crippen molar-refractivity contribution < 1.29 is 0 Å². The van der Waals surface area contributed by atoms with Crippen LogP contribution in [0.5, 0.6) is 0 Å². The van der Waals surface area contributed by atoms with Gasteiger partial charge in [0.05, 0.1) is 5.56 Å². The van der Waals surface area contributed by atoms with E-state index in [2.05, 4.69) is 42.9 Å². The lowest BCUT2D eigenvalue weighted by atomic mass is 10.1. The van der Waals surface area contributed by atoms with Crippen LogP contribution in [0.2, 0.25) is 0 Å². The molecule has 0 aliphatic rings. The molecule has 0 aliphatic heterocycles. The molecule has 0 spiro atoms. The number of aromatic nitrogens is 1. The number of nitriles is 1. The highest BCUT2D eigenvalue weighted by Crippen LogP contribution is 2.31. The summed E-state index contributed by atoms with van der Waals surface area (Å²) >= 11 is 6.85. The minimum atomic E-state index is 0.593. The van der Waals surface area contributed by atoms with Crippen molar-refractivity contribution in [1.29, 1.82) is 5.26 Å². The van der Waals surface area contributed by atoms with Crippen molar-refractivity contribution in [2.75, 3.05) is 0 Å². The van der Waals surface area contributed by atoms with Crippen LogP contribution in [0.15, 0.2) is 33.5 Å². The molecule has 0 fully saturated rings. The smallest absolute Gasteiger partial charge is 0.101 e. The third-order valence-electron chi connectivity index (χ3n) is 1.95. The number of halogens is 2. The SMILES string of the molecule is N#Cc1cncc2c(Br)c(Br)ccc12. The van der Waals surface area contributed by atoms with Crippen LogP contribution >= 0.6 is 31.9 Å². The topological polar surface area (TPSA) is 36.7 Å². The molecule has 2 nitrogen and oxygen atoms in total. The van der Waals surface area contributed by atoms with Gasteiger partial charge in [0.15, 0.2) is 0 Å². The van der Waals surface area contributed by atoms with E-state index >= 15 is 0 Å². The van der Waals surface area contributed by atoms with Crippen LogP contribution in [0, 0.1) is 11.3 Å². The first-order chi connectivity index (χ1) is 6.74. The zero-order chi connectivity index (χ0) is 10.1. The summed E-state index contributed by atoms with van der Waals surface area (Å²) in [5.74, 6) is 0. The Labute approximate surface area is 97.8 Å². The van der Waals surface area contributed by atoms with Gasteiger partial charge in [0.2, 0.25) is 0 Å². The fourth-order valence-corrected chi connectivity index (χ4v) is 2.07. The minimum Gasteiger partial charge on any atom is -0.263 e. The Kier molecular flexibility index (Phi) is 2.53. The van der Waals surface area contributed by atoms with Gasteiger partial charge in [-0.25, -0.2) is 0 Å². The Morgan fingerprint density at radius 2 is 1.93 bits per heavy atom. The summed E-state index contributed by atoms with van der Waals surface area (Å²) in [6.07, 6.45) is 3.31. The van der Waals surface area contributed by atoms with Gasteiger partial charge in [0.25, 0.3) is 0 Å². The van der Waals surface area contributed by atoms with Crippen molar-refractivity contribution in [2.45, 2.75) is 0 Å². The van der Waals surface area contributed by atoms with Crippen LogP contribution in [0.25, 0.3) is 10.8 Å². The molecule has 2 aromatic rings. The fraction of sp³-hybridized carbons (Fsp3) is 0. The Morgan fingerprint density at radius 1 is 1.14 bits per heavy atom. The number of fused-ring (bicyclic) bond motifs is 1. The van der Waals surface area contributed by atoms with E-state index in [-0.39, 0.29) is 0 Å². The van der Waals surface area contributed by atoms with E-state index in [0.29, 0.717) is 5.56 Å². The molecular weight excluding hydrogens is 308 g/mol. The van der Waals surface area contributed by atoms with Gasteiger partial charge in [-0.15, -0.1) is 0 Å². The summed E-state index contributed by atoms with van der Waals surface area (Å²) < 4.78 is 1.89. The minimum absolute atomic E-state index is 0.593. The molecule has 1 aromatic heterocycles. The molecule has 68 valence electrons. The van der Waals surface area contributed by atoms with E-state index in [1.165, 1.54) is 0 Å². The molecule has 1 aromatic carbocycles. The number of rotatable bonds is 0. The molecular formula is C10H4Br2N2. The van der Waals surface area contributed by atoms with Crippen LogP contribution in [-0.4, -0.2) is 4.98 Å². The third kappa shape index (κ3) is 1.43. The van der Waals surface area contributed by atoms with Crippen molar-refractivity contribution >= 4 is 42.6 Å². The lowest BCUT2D eigenvalue weighted by Gasteiger charge is -2.03. The van der Waals surface area contributed by atoms with Gasteiger partial charge in [-0.2, -0.15) is 5.26 Å². The number of hydrogen-bond donors (Lipinski definition) is 0. The highest BCUT2D eigenvalue weighted by molar-refractivity contribution is 9.13. The lowest BCUT2D eigenvalue weighted by molar-refractivity contribution is 1.33. The molecule has 0 atom stereocenters. The van der Waals surface area contributed by atoms with Crippen LogP contribution in [-0.2, 0) is 0 Å². The van der Waals surface area contributed by atoms with Gasteiger partial charge < -0.3 is 0 Å². The van der Waals surface area contributed by atoms with Gasteiger partial charge in [-0.05, 0) is 37.9 Å². The fourth-order valence-electron chi connectivity index (χ4n) is 1.27. The molecule has 0 saturated carbocycles. The average molecular weight is 312 g/mol. The Morgan fingerprint density at radius 3 is 2.64 bits per heavy atom. The highest BCUT2D eigenvalue weighted by Gasteiger charge is 2.06. The largest absolute Gasteiger partial charge is 0.263 e. The first-order valence-corrected chi connectivity index (χ1v) is 5.44. The molecule has 0 radical (unpaired) electrons. The summed E-state index contributed by atoms with van der Waals surface area (Å²) in [4.78, 5) is 4.01. The molecule has 0 unspecified atom stereocenters. The second-order valence-corrected chi connectivity index (χ2v) is 4.40. The Balaban J connectivity index is 2.95. The van der Waals surface area contributed by atoms with Crippen molar-refractivity contribution in [1.82, 2.24) is 4.98 Å². The van der Waals surface area contributed by atoms with Crippen molar-refractivity contribution in [2.24, 2.45) is 0 Å². The van der Waals surface area contributed by atoms with E-state index in [4.69, 9.17) is 5.26 Å². The zero-order valence-corrected chi connectivity index (χ0v) is 10.1.